The predicted molar refractivity (Wildman–Crippen MR) is 63.4 cm³/mol. The molecule has 1 atom stereocenters. The molecule has 2 amide bonds. The zero-order valence-electron chi connectivity index (χ0n) is 10.3. The zero-order chi connectivity index (χ0) is 14.5. The average molecular weight is 276 g/mol. The Bertz CT molecular complexity index is 421. The number of aliphatic hydroxyl groups is 1. The van der Waals surface area contributed by atoms with Gasteiger partial charge in [-0.15, -0.1) is 0 Å². The molecular formula is C12H15F3N2O2. The summed E-state index contributed by atoms with van der Waals surface area (Å²) in [7, 11) is 0. The minimum Gasteiger partial charge on any atom is -0.384 e. The van der Waals surface area contributed by atoms with Crippen LogP contribution in [-0.2, 0) is 5.60 Å². The minimum absolute atomic E-state index is 0.187. The normalized spacial score (nSPS) is 14.0. The third-order valence-electron chi connectivity index (χ3n) is 2.48. The van der Waals surface area contributed by atoms with Gasteiger partial charge in [-0.1, -0.05) is 12.1 Å². The predicted octanol–water partition coefficient (Wildman–Crippen LogP) is 1.60. The van der Waals surface area contributed by atoms with E-state index in [0.717, 1.165) is 0 Å². The highest BCUT2D eigenvalue weighted by Gasteiger charge is 2.23. The molecule has 0 spiro atoms. The minimum atomic E-state index is -2.64. The van der Waals surface area contributed by atoms with E-state index in [1.807, 2.05) is 5.32 Å². The first kappa shape index (κ1) is 15.3. The average Bonchev–Trinajstić information content (AvgIpc) is 2.34. The lowest BCUT2D eigenvalue weighted by atomic mass is 9.96. The number of halogens is 3. The smallest absolute Gasteiger partial charge is 0.315 e. The molecule has 0 aliphatic heterocycles. The maximum atomic E-state index is 12.7. The molecule has 0 aliphatic carbocycles. The third-order valence-corrected chi connectivity index (χ3v) is 2.48. The number of nitrogens with one attached hydrogen (secondary N) is 2. The van der Waals surface area contributed by atoms with Crippen LogP contribution in [0.4, 0.5) is 18.0 Å². The van der Waals surface area contributed by atoms with Crippen LogP contribution in [0.25, 0.3) is 0 Å². The van der Waals surface area contributed by atoms with Gasteiger partial charge in [-0.25, -0.2) is 18.0 Å². The van der Waals surface area contributed by atoms with Gasteiger partial charge >= 0.3 is 6.03 Å². The molecule has 19 heavy (non-hydrogen) atoms. The number of hydrogen-bond donors (Lipinski definition) is 3. The summed E-state index contributed by atoms with van der Waals surface area (Å²) in [5.41, 5.74) is -1.02. The lowest BCUT2D eigenvalue weighted by molar-refractivity contribution is 0.0590. The number of carbonyl (C=O) groups excluding carboxylic acids is 1. The Balaban J connectivity index is 2.50. The van der Waals surface area contributed by atoms with Gasteiger partial charge in [0.15, 0.2) is 0 Å². The van der Waals surface area contributed by atoms with E-state index in [0.29, 0.717) is 5.56 Å². The SMILES string of the molecule is CC(O)(CNC(=O)NCC(F)F)c1ccc(F)cc1. The molecule has 1 rings (SSSR count). The summed E-state index contributed by atoms with van der Waals surface area (Å²) in [5.74, 6) is -0.442. The van der Waals surface area contributed by atoms with Crippen LogP contribution in [-0.4, -0.2) is 30.7 Å². The van der Waals surface area contributed by atoms with Crippen molar-refractivity contribution in [3.8, 4) is 0 Å². The summed E-state index contributed by atoms with van der Waals surface area (Å²) in [6.07, 6.45) is -2.64. The second-order valence-corrected chi connectivity index (χ2v) is 4.24. The van der Waals surface area contributed by atoms with Gasteiger partial charge in [0.2, 0.25) is 0 Å². The topological polar surface area (TPSA) is 61.4 Å². The third kappa shape index (κ3) is 5.17. The van der Waals surface area contributed by atoms with Crippen LogP contribution < -0.4 is 10.6 Å². The summed E-state index contributed by atoms with van der Waals surface area (Å²) in [6.45, 7) is 0.478. The van der Waals surface area contributed by atoms with Gasteiger partial charge in [-0.05, 0) is 24.6 Å². The Morgan fingerprint density at radius 2 is 1.89 bits per heavy atom. The van der Waals surface area contributed by atoms with Crippen LogP contribution in [0.2, 0.25) is 0 Å². The van der Waals surface area contributed by atoms with Crippen LogP contribution in [0.5, 0.6) is 0 Å². The molecule has 0 radical (unpaired) electrons. The largest absolute Gasteiger partial charge is 0.384 e. The Morgan fingerprint density at radius 3 is 2.42 bits per heavy atom. The summed E-state index contributed by atoms with van der Waals surface area (Å²) in [6, 6.07) is 4.33. The monoisotopic (exact) mass is 276 g/mol. The van der Waals surface area contributed by atoms with Crippen LogP contribution >= 0.6 is 0 Å². The fraction of sp³-hybridized carbons (Fsp3) is 0.417. The molecular weight excluding hydrogens is 261 g/mol. The van der Waals surface area contributed by atoms with Gasteiger partial charge in [0.05, 0.1) is 13.1 Å². The number of alkyl halides is 2. The van der Waals surface area contributed by atoms with Crippen molar-refractivity contribution in [2.75, 3.05) is 13.1 Å². The van der Waals surface area contributed by atoms with Crippen LogP contribution in [0.15, 0.2) is 24.3 Å². The van der Waals surface area contributed by atoms with Gasteiger partial charge in [0.1, 0.15) is 11.4 Å². The number of benzene rings is 1. The second kappa shape index (κ2) is 6.42. The van der Waals surface area contributed by atoms with E-state index < -0.39 is 30.4 Å². The van der Waals surface area contributed by atoms with Gasteiger partial charge in [-0.2, -0.15) is 0 Å². The van der Waals surface area contributed by atoms with Gasteiger partial charge in [0.25, 0.3) is 6.43 Å². The van der Waals surface area contributed by atoms with Crippen molar-refractivity contribution in [2.24, 2.45) is 0 Å². The van der Waals surface area contributed by atoms with Crippen molar-refractivity contribution >= 4 is 6.03 Å². The van der Waals surface area contributed by atoms with Crippen LogP contribution in [0.3, 0.4) is 0 Å². The highest BCUT2D eigenvalue weighted by Crippen LogP contribution is 2.19. The second-order valence-electron chi connectivity index (χ2n) is 4.24. The molecule has 0 fully saturated rings. The lowest BCUT2D eigenvalue weighted by Gasteiger charge is -2.24. The molecule has 1 aromatic rings. The number of urea groups is 1. The molecule has 106 valence electrons. The summed E-state index contributed by atoms with van der Waals surface area (Å²) in [5, 5.41) is 14.3. The Labute approximate surface area is 108 Å². The molecule has 0 saturated heterocycles. The zero-order valence-corrected chi connectivity index (χ0v) is 10.3. The van der Waals surface area contributed by atoms with E-state index in [9.17, 15) is 23.1 Å². The molecule has 4 nitrogen and oxygen atoms in total. The Kier molecular flexibility index (Phi) is 5.17. The van der Waals surface area contributed by atoms with Crippen molar-refractivity contribution in [3.05, 3.63) is 35.6 Å². The van der Waals surface area contributed by atoms with Gasteiger partial charge in [-0.3, -0.25) is 0 Å². The Morgan fingerprint density at radius 1 is 1.32 bits per heavy atom. The number of hydrogen-bond acceptors (Lipinski definition) is 2. The molecule has 0 aromatic heterocycles. The molecule has 0 aliphatic rings. The van der Waals surface area contributed by atoms with E-state index >= 15 is 0 Å². The fourth-order valence-corrected chi connectivity index (χ4v) is 1.40. The number of carbonyl (C=O) groups is 1. The highest BCUT2D eigenvalue weighted by atomic mass is 19.3. The van der Waals surface area contributed by atoms with Gasteiger partial charge in [0, 0.05) is 0 Å². The molecule has 3 N–H and O–H groups in total. The fourth-order valence-electron chi connectivity index (χ4n) is 1.40. The van der Waals surface area contributed by atoms with Crippen molar-refractivity contribution in [3.63, 3.8) is 0 Å². The van der Waals surface area contributed by atoms with Crippen LogP contribution in [0.1, 0.15) is 12.5 Å². The molecule has 7 heteroatoms. The first-order chi connectivity index (χ1) is 8.81. The summed E-state index contributed by atoms with van der Waals surface area (Å²) < 4.78 is 36.4. The summed E-state index contributed by atoms with van der Waals surface area (Å²) in [4.78, 5) is 11.2. The maximum absolute atomic E-state index is 12.7. The Hall–Kier alpha value is -1.76. The van der Waals surface area contributed by atoms with Crippen LogP contribution in [0, 0.1) is 5.82 Å². The standard InChI is InChI=1S/C12H15F3N2O2/c1-12(19,8-2-4-9(13)5-3-8)7-17-11(18)16-6-10(14)15/h2-5,10,19H,6-7H2,1H3,(H2,16,17,18). The van der Waals surface area contributed by atoms with Crippen molar-refractivity contribution in [1.29, 1.82) is 0 Å². The van der Waals surface area contributed by atoms with E-state index in [1.54, 1.807) is 0 Å². The van der Waals surface area contributed by atoms with Crippen molar-refractivity contribution in [2.45, 2.75) is 19.0 Å². The van der Waals surface area contributed by atoms with Crippen molar-refractivity contribution < 1.29 is 23.1 Å². The highest BCUT2D eigenvalue weighted by molar-refractivity contribution is 5.73. The number of rotatable bonds is 5. The lowest BCUT2D eigenvalue weighted by Crippen LogP contribution is -2.44. The molecule has 0 bridgehead atoms. The maximum Gasteiger partial charge on any atom is 0.315 e. The molecule has 1 unspecified atom stereocenters. The summed E-state index contributed by atoms with van der Waals surface area (Å²) >= 11 is 0. The molecule has 1 aromatic carbocycles. The van der Waals surface area contributed by atoms with Gasteiger partial charge < -0.3 is 15.7 Å². The quantitative estimate of drug-likeness (QED) is 0.765. The van der Waals surface area contributed by atoms with E-state index in [2.05, 4.69) is 5.32 Å². The molecule has 0 saturated carbocycles. The first-order valence-electron chi connectivity index (χ1n) is 5.59. The van der Waals surface area contributed by atoms with Crippen molar-refractivity contribution in [1.82, 2.24) is 10.6 Å². The van der Waals surface area contributed by atoms with E-state index in [4.69, 9.17) is 0 Å². The van der Waals surface area contributed by atoms with E-state index in [1.165, 1.54) is 31.2 Å². The van der Waals surface area contributed by atoms with E-state index in [-0.39, 0.29) is 6.54 Å². The first-order valence-corrected chi connectivity index (χ1v) is 5.59. The number of amides is 2. The molecule has 0 heterocycles.